The van der Waals surface area contributed by atoms with Gasteiger partial charge in [-0.25, -0.2) is 0 Å². The van der Waals surface area contributed by atoms with Crippen molar-refractivity contribution in [3.8, 4) is 0 Å². The van der Waals surface area contributed by atoms with Crippen molar-refractivity contribution in [2.24, 2.45) is 0 Å². The van der Waals surface area contributed by atoms with Gasteiger partial charge in [-0.15, -0.1) is 0 Å². The van der Waals surface area contributed by atoms with Crippen molar-refractivity contribution >= 4 is 37.1 Å². The Morgan fingerprint density at radius 1 is 0.487 bits per heavy atom. The number of rotatable bonds is 8. The minimum absolute atomic E-state index is 0.0170. The van der Waals surface area contributed by atoms with Gasteiger partial charge in [-0.1, -0.05) is 97.1 Å². The largest absolute Gasteiger partial charge is 0.344 e. The smallest absolute Gasteiger partial charge is 0.163 e. The van der Waals surface area contributed by atoms with Crippen molar-refractivity contribution in [3.05, 3.63) is 119 Å². The number of hydrogen-bond acceptors (Lipinski definition) is 2. The lowest BCUT2D eigenvalue weighted by Gasteiger charge is -2.29. The minimum atomic E-state index is -0.615. The summed E-state index contributed by atoms with van der Waals surface area (Å²) in [4.78, 5) is 0. The first-order valence-corrected chi connectivity index (χ1v) is 16.9. The number of benzene rings is 4. The third-order valence-electron chi connectivity index (χ3n) is 7.64. The average molecular weight is 555 g/mol. The van der Waals surface area contributed by atoms with Crippen molar-refractivity contribution in [3.63, 3.8) is 0 Å². The summed E-state index contributed by atoms with van der Waals surface area (Å²) in [6.07, 6.45) is 1.93. The molecule has 2 atom stereocenters. The van der Waals surface area contributed by atoms with Gasteiger partial charge in [0.05, 0.1) is 12.2 Å². The molecule has 1 heterocycles. The van der Waals surface area contributed by atoms with Crippen LogP contribution in [0.1, 0.15) is 36.1 Å². The van der Waals surface area contributed by atoms with Gasteiger partial charge < -0.3 is 9.47 Å². The van der Waals surface area contributed by atoms with Crippen molar-refractivity contribution in [2.75, 3.05) is 12.3 Å². The highest BCUT2D eigenvalue weighted by Gasteiger charge is 2.44. The van der Waals surface area contributed by atoms with E-state index in [1.165, 1.54) is 43.5 Å². The van der Waals surface area contributed by atoms with Crippen LogP contribution in [0.15, 0.2) is 97.1 Å². The molecule has 4 aromatic carbocycles. The van der Waals surface area contributed by atoms with Crippen LogP contribution < -0.4 is 21.2 Å². The predicted octanol–water partition coefficient (Wildman–Crippen LogP) is 7.01. The Morgan fingerprint density at radius 2 is 0.744 bits per heavy atom. The highest BCUT2D eigenvalue weighted by Crippen LogP contribution is 2.45. The standard InChI is InChI=1S/C35H40O2P2/c1-25-15-7-11-19-31(25)38(32-20-12-8-16-26(32)2)23-29-30(37-35(5,6)36-29)24-39(33-21-13-9-17-27(33)3)34-22-14-10-18-28(34)4/h7-22,29-30H,23-24H2,1-6H3/t29-,30-/m1/s1. The van der Waals surface area contributed by atoms with Gasteiger partial charge in [0.25, 0.3) is 0 Å². The van der Waals surface area contributed by atoms with E-state index in [1.54, 1.807) is 0 Å². The van der Waals surface area contributed by atoms with Crippen LogP contribution in [0.4, 0.5) is 0 Å². The van der Waals surface area contributed by atoms with E-state index < -0.39 is 21.6 Å². The van der Waals surface area contributed by atoms with Crippen LogP contribution in [0.2, 0.25) is 0 Å². The van der Waals surface area contributed by atoms with Crippen LogP contribution in [0.3, 0.4) is 0 Å². The maximum atomic E-state index is 6.75. The van der Waals surface area contributed by atoms with E-state index in [2.05, 4.69) is 139 Å². The van der Waals surface area contributed by atoms with Crippen LogP contribution >= 0.6 is 15.8 Å². The fourth-order valence-electron chi connectivity index (χ4n) is 5.70. The molecule has 0 aromatic heterocycles. The molecule has 1 fully saturated rings. The first-order chi connectivity index (χ1) is 18.7. The summed E-state index contributed by atoms with van der Waals surface area (Å²) in [6, 6.07) is 35.5. The SMILES string of the molecule is Cc1ccccc1P(C[C@H]1OC(C)(C)O[C@@H]1CP(c1ccccc1C)c1ccccc1C)c1ccccc1C. The summed E-state index contributed by atoms with van der Waals surface area (Å²) in [5, 5.41) is 5.76. The molecule has 0 N–H and O–H groups in total. The second kappa shape index (κ2) is 12.0. The molecule has 4 heteroatoms. The lowest BCUT2D eigenvalue weighted by molar-refractivity contribution is -0.142. The molecule has 39 heavy (non-hydrogen) atoms. The van der Waals surface area contributed by atoms with E-state index >= 15 is 0 Å². The molecule has 202 valence electrons. The van der Waals surface area contributed by atoms with Crippen molar-refractivity contribution in [2.45, 2.75) is 59.5 Å². The van der Waals surface area contributed by atoms with Crippen LogP contribution in [0, 0.1) is 27.7 Å². The Balaban J connectivity index is 1.53. The van der Waals surface area contributed by atoms with Gasteiger partial charge in [0.1, 0.15) is 0 Å². The van der Waals surface area contributed by atoms with Crippen LogP contribution in [0.25, 0.3) is 0 Å². The third-order valence-corrected chi connectivity index (χ3v) is 13.4. The van der Waals surface area contributed by atoms with E-state index in [0.717, 1.165) is 12.3 Å². The molecular weight excluding hydrogens is 514 g/mol. The first kappa shape index (κ1) is 28.2. The van der Waals surface area contributed by atoms with Crippen LogP contribution in [-0.4, -0.2) is 30.3 Å². The molecule has 2 nitrogen and oxygen atoms in total. The van der Waals surface area contributed by atoms with E-state index in [4.69, 9.17) is 9.47 Å². The fourth-order valence-corrected chi connectivity index (χ4v) is 11.4. The molecule has 0 amide bonds. The molecule has 0 unspecified atom stereocenters. The number of hydrogen-bond donors (Lipinski definition) is 0. The lowest BCUT2D eigenvalue weighted by Crippen LogP contribution is -2.34. The topological polar surface area (TPSA) is 18.5 Å². The van der Waals surface area contributed by atoms with E-state index in [-0.39, 0.29) is 12.2 Å². The normalized spacial score (nSPS) is 18.7. The molecule has 0 spiro atoms. The molecule has 0 aliphatic carbocycles. The van der Waals surface area contributed by atoms with Gasteiger partial charge in [0, 0.05) is 12.3 Å². The lowest BCUT2D eigenvalue weighted by atomic mass is 10.2. The van der Waals surface area contributed by atoms with Crippen molar-refractivity contribution in [1.82, 2.24) is 0 Å². The summed E-state index contributed by atoms with van der Waals surface area (Å²) in [5.74, 6) is -0.605. The first-order valence-electron chi connectivity index (χ1n) is 13.9. The Hall–Kier alpha value is -2.34. The summed E-state index contributed by atoms with van der Waals surface area (Å²) < 4.78 is 13.5. The van der Waals surface area contributed by atoms with Crippen LogP contribution in [0.5, 0.6) is 0 Å². The molecule has 5 rings (SSSR count). The monoisotopic (exact) mass is 554 g/mol. The van der Waals surface area contributed by atoms with Crippen molar-refractivity contribution in [1.29, 1.82) is 0 Å². The van der Waals surface area contributed by atoms with Crippen molar-refractivity contribution < 1.29 is 9.47 Å². The number of aryl methyl sites for hydroxylation is 4. The van der Waals surface area contributed by atoms with Gasteiger partial charge in [0.2, 0.25) is 0 Å². The van der Waals surface area contributed by atoms with E-state index in [1.807, 2.05) is 0 Å². The molecule has 0 saturated carbocycles. The van der Waals surface area contributed by atoms with Gasteiger partial charge in [0.15, 0.2) is 5.79 Å². The maximum Gasteiger partial charge on any atom is 0.163 e. The van der Waals surface area contributed by atoms with Gasteiger partial charge in [-0.2, -0.15) is 0 Å². The fraction of sp³-hybridized carbons (Fsp3) is 0.314. The summed E-state index contributed by atoms with van der Waals surface area (Å²) in [7, 11) is -1.23. The molecule has 4 aromatic rings. The second-order valence-corrected chi connectivity index (χ2v) is 15.4. The zero-order chi connectivity index (χ0) is 27.6. The summed E-state index contributed by atoms with van der Waals surface area (Å²) in [6.45, 7) is 13.1. The Kier molecular flexibility index (Phi) is 8.70. The molecule has 0 radical (unpaired) electrons. The highest BCUT2D eigenvalue weighted by molar-refractivity contribution is 7.73. The quantitative estimate of drug-likeness (QED) is 0.218. The molecule has 1 aliphatic heterocycles. The molecule has 1 saturated heterocycles. The number of ether oxygens (including phenoxy) is 2. The van der Waals surface area contributed by atoms with Gasteiger partial charge in [-0.05, 0) is 101 Å². The van der Waals surface area contributed by atoms with Gasteiger partial charge >= 0.3 is 0 Å². The predicted molar refractivity (Wildman–Crippen MR) is 171 cm³/mol. The second-order valence-electron chi connectivity index (χ2n) is 11.1. The Labute approximate surface area is 237 Å². The highest BCUT2D eigenvalue weighted by atomic mass is 31.1. The Bertz CT molecular complexity index is 1230. The third kappa shape index (κ3) is 6.37. The zero-order valence-electron chi connectivity index (χ0n) is 24.0. The average Bonchev–Trinajstić information content (AvgIpc) is 3.20. The molecule has 0 bridgehead atoms. The van der Waals surface area contributed by atoms with E-state index in [9.17, 15) is 0 Å². The summed E-state index contributed by atoms with van der Waals surface area (Å²) in [5.41, 5.74) is 5.40. The summed E-state index contributed by atoms with van der Waals surface area (Å²) >= 11 is 0. The Morgan fingerprint density at radius 3 is 1.00 bits per heavy atom. The van der Waals surface area contributed by atoms with Crippen LogP contribution in [-0.2, 0) is 9.47 Å². The van der Waals surface area contributed by atoms with E-state index in [0.29, 0.717) is 0 Å². The maximum absolute atomic E-state index is 6.75. The van der Waals surface area contributed by atoms with Gasteiger partial charge in [-0.3, -0.25) is 0 Å². The zero-order valence-corrected chi connectivity index (χ0v) is 25.8. The minimum Gasteiger partial charge on any atom is -0.344 e. The molecular formula is C35H40O2P2. The molecule has 1 aliphatic rings.